The van der Waals surface area contributed by atoms with Crippen LogP contribution in [0.25, 0.3) is 11.4 Å². The molecule has 4 rings (SSSR count). The van der Waals surface area contributed by atoms with Gasteiger partial charge in [0.2, 0.25) is 5.91 Å². The van der Waals surface area contributed by atoms with E-state index >= 15 is 0 Å². The Morgan fingerprint density at radius 2 is 1.77 bits per heavy atom. The van der Waals surface area contributed by atoms with Crippen LogP contribution in [0, 0.1) is 13.8 Å². The lowest BCUT2D eigenvalue weighted by Crippen LogP contribution is -2.16. The molecule has 4 aromatic rings. The molecule has 0 saturated carbocycles. The number of hydrogen-bond acceptors (Lipinski definition) is 5. The number of nitrogens with one attached hydrogen (secondary N) is 1. The van der Waals surface area contributed by atoms with Crippen LogP contribution in [-0.4, -0.2) is 26.4 Å². The standard InChI is InChI=1S/C23H22N4O2S/c1-16-8-6-9-17(2)21(16)24-20(28)15-30-23-26-25-22(18-10-4-3-5-11-18)27(23)14-19-12-7-13-29-19/h3-13H,14-15H2,1-2H3,(H,24,28). The van der Waals surface area contributed by atoms with Gasteiger partial charge in [-0.05, 0) is 37.1 Å². The minimum absolute atomic E-state index is 0.0776. The first kappa shape index (κ1) is 20.0. The molecule has 0 saturated heterocycles. The Hall–Kier alpha value is -3.32. The molecule has 6 nitrogen and oxygen atoms in total. The molecule has 2 aromatic carbocycles. The predicted molar refractivity (Wildman–Crippen MR) is 119 cm³/mol. The van der Waals surface area contributed by atoms with Gasteiger partial charge in [0.05, 0.1) is 18.6 Å². The van der Waals surface area contributed by atoms with Crippen molar-refractivity contribution in [2.24, 2.45) is 0 Å². The van der Waals surface area contributed by atoms with E-state index in [-0.39, 0.29) is 11.7 Å². The van der Waals surface area contributed by atoms with Crippen LogP contribution < -0.4 is 5.32 Å². The number of nitrogens with zero attached hydrogens (tertiary/aromatic N) is 3. The molecule has 0 unspecified atom stereocenters. The summed E-state index contributed by atoms with van der Waals surface area (Å²) in [5.41, 5.74) is 3.91. The second kappa shape index (κ2) is 9.00. The van der Waals surface area contributed by atoms with Gasteiger partial charge in [0, 0.05) is 11.3 Å². The van der Waals surface area contributed by atoms with E-state index in [2.05, 4.69) is 15.5 Å². The number of aromatic nitrogens is 3. The SMILES string of the molecule is Cc1cccc(C)c1NC(=O)CSc1nnc(-c2ccccc2)n1Cc1ccco1. The minimum atomic E-state index is -0.0776. The topological polar surface area (TPSA) is 73.0 Å². The summed E-state index contributed by atoms with van der Waals surface area (Å²) < 4.78 is 7.50. The van der Waals surface area contributed by atoms with Crippen LogP contribution in [0.3, 0.4) is 0 Å². The second-order valence-electron chi connectivity index (χ2n) is 6.94. The summed E-state index contributed by atoms with van der Waals surface area (Å²) in [4.78, 5) is 12.6. The van der Waals surface area contributed by atoms with E-state index in [1.54, 1.807) is 6.26 Å². The molecule has 0 fully saturated rings. The number of rotatable bonds is 7. The molecule has 0 radical (unpaired) electrons. The van der Waals surface area contributed by atoms with Crippen molar-refractivity contribution in [3.63, 3.8) is 0 Å². The van der Waals surface area contributed by atoms with E-state index in [1.807, 2.05) is 79.1 Å². The van der Waals surface area contributed by atoms with E-state index in [4.69, 9.17) is 4.42 Å². The molecule has 0 spiro atoms. The zero-order chi connectivity index (χ0) is 20.9. The highest BCUT2D eigenvalue weighted by Gasteiger charge is 2.17. The Morgan fingerprint density at radius 1 is 1.00 bits per heavy atom. The lowest BCUT2D eigenvalue weighted by atomic mass is 10.1. The highest BCUT2D eigenvalue weighted by Crippen LogP contribution is 2.26. The van der Waals surface area contributed by atoms with Crippen LogP contribution >= 0.6 is 11.8 Å². The van der Waals surface area contributed by atoms with Crippen molar-refractivity contribution in [2.45, 2.75) is 25.5 Å². The van der Waals surface area contributed by atoms with E-state index in [0.717, 1.165) is 34.0 Å². The maximum Gasteiger partial charge on any atom is 0.234 e. The number of aryl methyl sites for hydroxylation is 2. The third kappa shape index (κ3) is 4.46. The average molecular weight is 419 g/mol. The molecular formula is C23H22N4O2S. The number of para-hydroxylation sites is 1. The smallest absolute Gasteiger partial charge is 0.234 e. The summed E-state index contributed by atoms with van der Waals surface area (Å²) in [6.45, 7) is 4.47. The van der Waals surface area contributed by atoms with Crippen LogP contribution in [0.5, 0.6) is 0 Å². The Kier molecular flexibility index (Phi) is 5.99. The van der Waals surface area contributed by atoms with Crippen molar-refractivity contribution in [2.75, 3.05) is 11.1 Å². The number of furan rings is 1. The van der Waals surface area contributed by atoms with Crippen LogP contribution in [0.1, 0.15) is 16.9 Å². The number of carbonyl (C=O) groups excluding carboxylic acids is 1. The number of thioether (sulfide) groups is 1. The Bertz CT molecular complexity index is 1120. The number of anilines is 1. The molecule has 0 bridgehead atoms. The van der Waals surface area contributed by atoms with Crippen molar-refractivity contribution in [3.8, 4) is 11.4 Å². The molecule has 7 heteroatoms. The molecule has 1 N–H and O–H groups in total. The molecular weight excluding hydrogens is 396 g/mol. The van der Waals surface area contributed by atoms with Crippen LogP contribution in [-0.2, 0) is 11.3 Å². The normalized spacial score (nSPS) is 10.9. The number of benzene rings is 2. The van der Waals surface area contributed by atoms with Gasteiger partial charge in [-0.3, -0.25) is 9.36 Å². The van der Waals surface area contributed by atoms with E-state index in [9.17, 15) is 4.79 Å². The molecule has 2 heterocycles. The predicted octanol–water partition coefficient (Wildman–Crippen LogP) is 4.93. The Morgan fingerprint density at radius 3 is 2.47 bits per heavy atom. The molecule has 2 aromatic heterocycles. The highest BCUT2D eigenvalue weighted by molar-refractivity contribution is 7.99. The summed E-state index contributed by atoms with van der Waals surface area (Å²) >= 11 is 1.36. The molecule has 152 valence electrons. The third-order valence-corrected chi connectivity index (χ3v) is 5.69. The number of amides is 1. The minimum Gasteiger partial charge on any atom is -0.467 e. The summed E-state index contributed by atoms with van der Waals surface area (Å²) in [6, 6.07) is 19.6. The first-order valence-corrected chi connectivity index (χ1v) is 10.6. The van der Waals surface area contributed by atoms with Gasteiger partial charge >= 0.3 is 0 Å². The van der Waals surface area contributed by atoms with Gasteiger partial charge < -0.3 is 9.73 Å². The zero-order valence-electron chi connectivity index (χ0n) is 16.8. The lowest BCUT2D eigenvalue weighted by molar-refractivity contribution is -0.113. The van der Waals surface area contributed by atoms with Crippen molar-refractivity contribution in [3.05, 3.63) is 83.8 Å². The molecule has 0 atom stereocenters. The summed E-state index contributed by atoms with van der Waals surface area (Å²) in [5, 5.41) is 12.4. The first-order chi connectivity index (χ1) is 14.6. The molecule has 0 aliphatic heterocycles. The van der Waals surface area contributed by atoms with Gasteiger partial charge in [0.25, 0.3) is 0 Å². The van der Waals surface area contributed by atoms with Gasteiger partial charge in [-0.15, -0.1) is 10.2 Å². The Labute approximate surface area is 179 Å². The zero-order valence-corrected chi connectivity index (χ0v) is 17.6. The largest absolute Gasteiger partial charge is 0.467 e. The fourth-order valence-corrected chi connectivity index (χ4v) is 3.95. The maximum atomic E-state index is 12.6. The van der Waals surface area contributed by atoms with Crippen molar-refractivity contribution < 1.29 is 9.21 Å². The summed E-state index contributed by atoms with van der Waals surface area (Å²) in [6.07, 6.45) is 1.65. The highest BCUT2D eigenvalue weighted by atomic mass is 32.2. The molecule has 0 aliphatic carbocycles. The average Bonchev–Trinajstić information content (AvgIpc) is 3.40. The fraction of sp³-hybridized carbons (Fsp3) is 0.174. The van der Waals surface area contributed by atoms with E-state index < -0.39 is 0 Å². The van der Waals surface area contributed by atoms with Gasteiger partial charge in [-0.25, -0.2) is 0 Å². The van der Waals surface area contributed by atoms with Crippen LogP contribution in [0.4, 0.5) is 5.69 Å². The van der Waals surface area contributed by atoms with Gasteiger partial charge in [0.1, 0.15) is 5.76 Å². The van der Waals surface area contributed by atoms with Gasteiger partial charge in [0.15, 0.2) is 11.0 Å². The van der Waals surface area contributed by atoms with Gasteiger partial charge in [-0.2, -0.15) is 0 Å². The lowest BCUT2D eigenvalue weighted by Gasteiger charge is -2.12. The van der Waals surface area contributed by atoms with Gasteiger partial charge in [-0.1, -0.05) is 60.3 Å². The number of hydrogen-bond donors (Lipinski definition) is 1. The third-order valence-electron chi connectivity index (χ3n) is 4.72. The molecule has 30 heavy (non-hydrogen) atoms. The van der Waals surface area contributed by atoms with Crippen molar-refractivity contribution in [1.29, 1.82) is 0 Å². The maximum absolute atomic E-state index is 12.6. The fourth-order valence-electron chi connectivity index (χ4n) is 3.21. The second-order valence-corrected chi connectivity index (χ2v) is 7.88. The van der Waals surface area contributed by atoms with Crippen LogP contribution in [0.15, 0.2) is 76.5 Å². The van der Waals surface area contributed by atoms with Crippen LogP contribution in [0.2, 0.25) is 0 Å². The molecule has 1 amide bonds. The number of carbonyl (C=O) groups is 1. The quantitative estimate of drug-likeness (QED) is 0.431. The summed E-state index contributed by atoms with van der Waals surface area (Å²) in [5.74, 6) is 1.70. The summed E-state index contributed by atoms with van der Waals surface area (Å²) in [7, 11) is 0. The monoisotopic (exact) mass is 418 g/mol. The molecule has 0 aliphatic rings. The van der Waals surface area contributed by atoms with Crippen molar-refractivity contribution >= 4 is 23.4 Å². The first-order valence-electron chi connectivity index (χ1n) is 9.61. The van der Waals surface area contributed by atoms with Crippen molar-refractivity contribution in [1.82, 2.24) is 14.8 Å². The van der Waals surface area contributed by atoms with E-state index in [0.29, 0.717) is 11.7 Å². The van der Waals surface area contributed by atoms with E-state index in [1.165, 1.54) is 11.8 Å². The Balaban J connectivity index is 1.53.